The van der Waals surface area contributed by atoms with Crippen LogP contribution in [0.1, 0.15) is 16.7 Å². The summed E-state index contributed by atoms with van der Waals surface area (Å²) in [5.74, 6) is -1.10. The van der Waals surface area contributed by atoms with E-state index in [1.54, 1.807) is 12.1 Å². The Morgan fingerprint density at radius 2 is 1.81 bits per heavy atom. The maximum atomic E-state index is 13.5. The van der Waals surface area contributed by atoms with Crippen molar-refractivity contribution in [3.05, 3.63) is 64.1 Å². The molecule has 168 valence electrons. The number of amides is 2. The molecular formula is C21H17F3N2O5S. The number of hydrogen-bond donors (Lipinski definition) is 2. The number of rotatable bonds is 6. The number of halogens is 3. The molecule has 1 aliphatic rings. The highest BCUT2D eigenvalue weighted by molar-refractivity contribution is 8.18. The molecule has 0 bridgehead atoms. The number of nitrogens with two attached hydrogens (primary N) is 1. The van der Waals surface area contributed by atoms with Crippen molar-refractivity contribution in [2.24, 2.45) is 5.73 Å². The van der Waals surface area contributed by atoms with Gasteiger partial charge in [-0.15, -0.1) is 0 Å². The predicted molar refractivity (Wildman–Crippen MR) is 111 cm³/mol. The minimum atomic E-state index is -4.68. The fourth-order valence-electron chi connectivity index (χ4n) is 2.87. The Hall–Kier alpha value is -3.31. The van der Waals surface area contributed by atoms with Gasteiger partial charge in [-0.2, -0.15) is 13.2 Å². The molecule has 0 spiro atoms. The number of methoxy groups -OCH3 is 1. The SMILES string of the molecule is COC(=O)C(N)Cc1ccc(Oc2ccc(/C=C3/SC(=O)NC3=O)cc2)cc1C(F)(F)F. The van der Waals surface area contributed by atoms with Crippen molar-refractivity contribution >= 4 is 35.0 Å². The zero-order valence-electron chi connectivity index (χ0n) is 16.6. The van der Waals surface area contributed by atoms with Gasteiger partial charge in [0.15, 0.2) is 0 Å². The van der Waals surface area contributed by atoms with Crippen LogP contribution in [0.4, 0.5) is 18.0 Å². The van der Waals surface area contributed by atoms with E-state index >= 15 is 0 Å². The van der Waals surface area contributed by atoms with Gasteiger partial charge in [-0.05, 0) is 59.7 Å². The summed E-state index contributed by atoms with van der Waals surface area (Å²) in [6.45, 7) is 0. The molecule has 0 aromatic heterocycles. The highest BCUT2D eigenvalue weighted by atomic mass is 32.2. The van der Waals surface area contributed by atoms with E-state index in [4.69, 9.17) is 10.5 Å². The summed E-state index contributed by atoms with van der Waals surface area (Å²) >= 11 is 0.774. The smallest absolute Gasteiger partial charge is 0.416 e. The van der Waals surface area contributed by atoms with Crippen LogP contribution in [0.5, 0.6) is 11.5 Å². The lowest BCUT2D eigenvalue weighted by molar-refractivity contribution is -0.143. The van der Waals surface area contributed by atoms with Gasteiger partial charge in [-0.25, -0.2) is 0 Å². The molecule has 0 radical (unpaired) electrons. The number of hydrogen-bond acceptors (Lipinski definition) is 7. The van der Waals surface area contributed by atoms with Crippen molar-refractivity contribution in [3.63, 3.8) is 0 Å². The van der Waals surface area contributed by atoms with Gasteiger partial charge < -0.3 is 15.2 Å². The summed E-state index contributed by atoms with van der Waals surface area (Å²) in [7, 11) is 1.10. The molecule has 32 heavy (non-hydrogen) atoms. The number of imide groups is 1. The normalized spacial score (nSPS) is 16.1. The van der Waals surface area contributed by atoms with Gasteiger partial charge in [0.1, 0.15) is 17.5 Å². The summed E-state index contributed by atoms with van der Waals surface area (Å²) in [6, 6.07) is 8.36. The maximum absolute atomic E-state index is 13.5. The minimum absolute atomic E-state index is 0.0601. The Balaban J connectivity index is 1.78. The molecule has 0 saturated carbocycles. The first kappa shape index (κ1) is 23.4. The quantitative estimate of drug-likeness (QED) is 0.492. The second-order valence-corrected chi connectivity index (χ2v) is 7.69. The van der Waals surface area contributed by atoms with Gasteiger partial charge in [-0.1, -0.05) is 18.2 Å². The molecule has 2 aromatic rings. The highest BCUT2D eigenvalue weighted by Crippen LogP contribution is 2.36. The van der Waals surface area contributed by atoms with Gasteiger partial charge in [0, 0.05) is 0 Å². The largest absolute Gasteiger partial charge is 0.468 e. The van der Waals surface area contributed by atoms with Crippen LogP contribution in [0, 0.1) is 0 Å². The standard InChI is InChI=1S/C21H17F3N2O5S/c1-30-19(28)16(25)9-12-4-7-14(10-15(12)21(22,23)24)31-13-5-2-11(3-6-13)8-17-18(27)26-20(29)32-17/h2-8,10,16H,9,25H2,1H3,(H,26,27,29)/b17-8+. The Morgan fingerprint density at radius 3 is 2.38 bits per heavy atom. The highest BCUT2D eigenvalue weighted by Gasteiger charge is 2.34. The molecule has 1 heterocycles. The molecule has 2 amide bonds. The molecule has 3 N–H and O–H groups in total. The average Bonchev–Trinajstić information content (AvgIpc) is 3.05. The van der Waals surface area contributed by atoms with Crippen molar-refractivity contribution < 1.29 is 37.0 Å². The molecule has 1 fully saturated rings. The third kappa shape index (κ3) is 5.68. The van der Waals surface area contributed by atoms with Crippen LogP contribution in [-0.4, -0.2) is 30.3 Å². The van der Waals surface area contributed by atoms with Gasteiger partial charge in [-0.3, -0.25) is 19.7 Å². The molecule has 1 atom stereocenters. The van der Waals surface area contributed by atoms with E-state index in [2.05, 4.69) is 10.1 Å². The van der Waals surface area contributed by atoms with Crippen LogP contribution in [-0.2, 0) is 26.9 Å². The number of thioether (sulfide) groups is 1. The number of benzene rings is 2. The first-order valence-corrected chi connectivity index (χ1v) is 9.95. The van der Waals surface area contributed by atoms with Crippen molar-refractivity contribution in [2.75, 3.05) is 7.11 Å². The topological polar surface area (TPSA) is 108 Å². The lowest BCUT2D eigenvalue weighted by Gasteiger charge is -2.17. The van der Waals surface area contributed by atoms with E-state index in [1.807, 2.05) is 0 Å². The summed E-state index contributed by atoms with van der Waals surface area (Å²) < 4.78 is 50.6. The zero-order chi connectivity index (χ0) is 23.5. The van der Waals surface area contributed by atoms with Crippen molar-refractivity contribution in [3.8, 4) is 11.5 Å². The number of ether oxygens (including phenoxy) is 2. The third-order valence-electron chi connectivity index (χ3n) is 4.39. The fraction of sp³-hybridized carbons (Fsp3) is 0.190. The van der Waals surface area contributed by atoms with Gasteiger partial charge in [0.25, 0.3) is 11.1 Å². The second kappa shape index (κ2) is 9.45. The van der Waals surface area contributed by atoms with Gasteiger partial charge in [0.05, 0.1) is 17.6 Å². The number of carbonyl (C=O) groups excluding carboxylic acids is 3. The van der Waals surface area contributed by atoms with Crippen molar-refractivity contribution in [2.45, 2.75) is 18.6 Å². The van der Waals surface area contributed by atoms with Crippen LogP contribution in [0.3, 0.4) is 0 Å². The van der Waals surface area contributed by atoms with Crippen LogP contribution in [0.25, 0.3) is 6.08 Å². The van der Waals surface area contributed by atoms with Gasteiger partial charge in [0.2, 0.25) is 0 Å². The Morgan fingerprint density at radius 1 is 1.16 bits per heavy atom. The minimum Gasteiger partial charge on any atom is -0.468 e. The molecule has 11 heteroatoms. The summed E-state index contributed by atoms with van der Waals surface area (Å²) in [6.07, 6.45) is -3.52. The molecule has 7 nitrogen and oxygen atoms in total. The fourth-order valence-corrected chi connectivity index (χ4v) is 3.56. The van der Waals surface area contributed by atoms with Crippen LogP contribution in [0.2, 0.25) is 0 Å². The Bertz CT molecular complexity index is 1080. The van der Waals surface area contributed by atoms with E-state index in [0.29, 0.717) is 5.56 Å². The van der Waals surface area contributed by atoms with E-state index in [0.717, 1.165) is 24.9 Å². The molecule has 2 aromatic carbocycles. The average molecular weight is 466 g/mol. The Labute approximate surface area is 184 Å². The molecular weight excluding hydrogens is 449 g/mol. The van der Waals surface area contributed by atoms with Crippen molar-refractivity contribution in [1.29, 1.82) is 0 Å². The van der Waals surface area contributed by atoms with E-state index in [9.17, 15) is 27.6 Å². The second-order valence-electron chi connectivity index (χ2n) is 6.67. The maximum Gasteiger partial charge on any atom is 0.416 e. The number of esters is 1. The van der Waals surface area contributed by atoms with Gasteiger partial charge >= 0.3 is 12.1 Å². The lowest BCUT2D eigenvalue weighted by atomic mass is 9.99. The molecule has 3 rings (SSSR count). The summed E-state index contributed by atoms with van der Waals surface area (Å²) in [5.41, 5.74) is 5.08. The van der Waals surface area contributed by atoms with E-state index in [1.165, 1.54) is 30.3 Å². The first-order chi connectivity index (χ1) is 15.1. The van der Waals surface area contributed by atoms with E-state index < -0.39 is 34.9 Å². The van der Waals surface area contributed by atoms with Crippen LogP contribution >= 0.6 is 11.8 Å². The number of alkyl halides is 3. The number of carbonyl (C=O) groups is 3. The molecule has 1 aliphatic heterocycles. The lowest BCUT2D eigenvalue weighted by Crippen LogP contribution is -2.34. The summed E-state index contributed by atoms with van der Waals surface area (Å²) in [5, 5.41) is 1.68. The molecule has 1 saturated heterocycles. The Kier molecular flexibility index (Phi) is 6.90. The van der Waals surface area contributed by atoms with Crippen LogP contribution in [0.15, 0.2) is 47.4 Å². The first-order valence-electron chi connectivity index (χ1n) is 9.13. The van der Waals surface area contributed by atoms with Crippen LogP contribution < -0.4 is 15.8 Å². The van der Waals surface area contributed by atoms with E-state index in [-0.39, 0.29) is 28.4 Å². The molecule has 0 aliphatic carbocycles. The summed E-state index contributed by atoms with van der Waals surface area (Å²) in [4.78, 5) is 34.5. The third-order valence-corrected chi connectivity index (χ3v) is 5.20. The zero-order valence-corrected chi connectivity index (χ0v) is 17.4. The molecule has 1 unspecified atom stereocenters. The monoisotopic (exact) mass is 466 g/mol. The predicted octanol–water partition coefficient (Wildman–Crippen LogP) is 3.86. The number of nitrogens with one attached hydrogen (secondary N) is 1. The van der Waals surface area contributed by atoms with Crippen molar-refractivity contribution in [1.82, 2.24) is 5.32 Å².